The molecule has 3 aromatic heterocycles. The first-order valence-corrected chi connectivity index (χ1v) is 8.65. The van der Waals surface area contributed by atoms with E-state index in [1.165, 1.54) is 5.56 Å². The molecule has 0 radical (unpaired) electrons. The fraction of sp³-hybridized carbons (Fsp3) is 0.389. The quantitative estimate of drug-likeness (QED) is 0.793. The van der Waals surface area contributed by atoms with Crippen LogP contribution in [-0.2, 0) is 13.1 Å². The Morgan fingerprint density at radius 2 is 2.32 bits per heavy atom. The number of carbonyl (C=O) groups excluding carboxylic acids is 1. The van der Waals surface area contributed by atoms with Gasteiger partial charge in [-0.1, -0.05) is 0 Å². The number of rotatable bonds is 4. The van der Waals surface area contributed by atoms with Crippen LogP contribution in [0.2, 0.25) is 0 Å². The molecule has 1 aliphatic rings. The third kappa shape index (κ3) is 3.35. The van der Waals surface area contributed by atoms with Crippen LogP contribution in [0.25, 0.3) is 5.65 Å². The van der Waals surface area contributed by atoms with Gasteiger partial charge in [-0.2, -0.15) is 5.10 Å². The molecule has 4 heterocycles. The standard InChI is InChI=1S/C18H22N6O/c1-14-5-9-22-12-15(21-17(22)10-14)11-19-18(25)24-8-2-4-16(24)13-23-7-3-6-20-23/h3,5-7,9-10,12,16H,2,4,8,11,13H2,1H3,(H,19,25)/t16-/m1/s1. The molecule has 2 amide bonds. The van der Waals surface area contributed by atoms with Crippen molar-refractivity contribution >= 4 is 11.7 Å². The molecule has 7 nitrogen and oxygen atoms in total. The molecule has 1 saturated heterocycles. The van der Waals surface area contributed by atoms with Gasteiger partial charge in [0, 0.05) is 31.3 Å². The number of nitrogens with zero attached hydrogens (tertiary/aromatic N) is 5. The van der Waals surface area contributed by atoms with E-state index in [2.05, 4.69) is 15.4 Å². The molecule has 0 spiro atoms. The lowest BCUT2D eigenvalue weighted by molar-refractivity contribution is 0.185. The lowest BCUT2D eigenvalue weighted by atomic mass is 10.2. The number of likely N-dealkylation sites (tertiary alicyclic amines) is 1. The van der Waals surface area contributed by atoms with Crippen molar-refractivity contribution < 1.29 is 4.79 Å². The van der Waals surface area contributed by atoms with Crippen LogP contribution in [0.4, 0.5) is 4.79 Å². The van der Waals surface area contributed by atoms with Crippen LogP contribution in [-0.4, -0.2) is 42.7 Å². The van der Waals surface area contributed by atoms with Gasteiger partial charge < -0.3 is 14.6 Å². The fourth-order valence-corrected chi connectivity index (χ4v) is 3.41. The van der Waals surface area contributed by atoms with Crippen molar-refractivity contribution in [1.29, 1.82) is 0 Å². The topological polar surface area (TPSA) is 67.5 Å². The number of pyridine rings is 1. The van der Waals surface area contributed by atoms with Crippen molar-refractivity contribution in [2.24, 2.45) is 0 Å². The van der Waals surface area contributed by atoms with Gasteiger partial charge in [0.2, 0.25) is 0 Å². The predicted molar refractivity (Wildman–Crippen MR) is 94.1 cm³/mol. The molecule has 0 bridgehead atoms. The average Bonchev–Trinajstić information content (AvgIpc) is 3.33. The molecule has 0 aliphatic carbocycles. The van der Waals surface area contributed by atoms with Crippen molar-refractivity contribution in [2.75, 3.05) is 6.54 Å². The Morgan fingerprint density at radius 3 is 3.16 bits per heavy atom. The Labute approximate surface area is 146 Å². The number of aryl methyl sites for hydroxylation is 1. The fourth-order valence-electron chi connectivity index (χ4n) is 3.41. The zero-order valence-electron chi connectivity index (χ0n) is 14.3. The SMILES string of the molecule is Cc1ccn2cc(CNC(=O)N3CCC[C@@H]3Cn3cccn3)nc2c1. The van der Waals surface area contributed by atoms with Crippen LogP contribution >= 0.6 is 0 Å². The predicted octanol–water partition coefficient (Wildman–Crippen LogP) is 2.21. The minimum atomic E-state index is -0.0251. The first-order valence-electron chi connectivity index (χ1n) is 8.65. The third-order valence-electron chi connectivity index (χ3n) is 4.68. The van der Waals surface area contributed by atoms with Gasteiger partial charge >= 0.3 is 6.03 Å². The van der Waals surface area contributed by atoms with Gasteiger partial charge in [-0.25, -0.2) is 9.78 Å². The van der Waals surface area contributed by atoms with E-state index in [0.29, 0.717) is 6.54 Å². The Morgan fingerprint density at radius 1 is 1.40 bits per heavy atom. The summed E-state index contributed by atoms with van der Waals surface area (Å²) in [4.78, 5) is 19.1. The Kier molecular flexibility index (Phi) is 4.13. The minimum Gasteiger partial charge on any atom is -0.332 e. The molecule has 1 fully saturated rings. The first kappa shape index (κ1) is 15.7. The summed E-state index contributed by atoms with van der Waals surface area (Å²) in [5.74, 6) is 0. The number of hydrogen-bond donors (Lipinski definition) is 1. The summed E-state index contributed by atoms with van der Waals surface area (Å²) in [5.41, 5.74) is 2.94. The normalized spacial score (nSPS) is 17.3. The van der Waals surface area contributed by atoms with Gasteiger partial charge in [-0.15, -0.1) is 0 Å². The van der Waals surface area contributed by atoms with Crippen LogP contribution in [0.5, 0.6) is 0 Å². The van der Waals surface area contributed by atoms with Crippen molar-refractivity contribution in [3.05, 3.63) is 54.2 Å². The average molecular weight is 338 g/mol. The summed E-state index contributed by atoms with van der Waals surface area (Å²) in [6, 6.07) is 6.16. The van der Waals surface area contributed by atoms with Crippen molar-refractivity contribution in [2.45, 2.75) is 38.9 Å². The Hall–Kier alpha value is -2.83. The number of hydrogen-bond acceptors (Lipinski definition) is 3. The summed E-state index contributed by atoms with van der Waals surface area (Å²) < 4.78 is 3.87. The summed E-state index contributed by atoms with van der Waals surface area (Å²) in [7, 11) is 0. The second kappa shape index (κ2) is 6.58. The van der Waals surface area contributed by atoms with E-state index in [1.807, 2.05) is 57.7 Å². The summed E-state index contributed by atoms with van der Waals surface area (Å²) in [6.45, 7) is 4.02. The summed E-state index contributed by atoms with van der Waals surface area (Å²) >= 11 is 0. The molecule has 25 heavy (non-hydrogen) atoms. The number of amides is 2. The largest absolute Gasteiger partial charge is 0.332 e. The molecule has 1 aliphatic heterocycles. The van der Waals surface area contributed by atoms with E-state index in [1.54, 1.807) is 6.20 Å². The van der Waals surface area contributed by atoms with Crippen LogP contribution in [0.3, 0.4) is 0 Å². The maximum absolute atomic E-state index is 12.6. The molecule has 0 saturated carbocycles. The van der Waals surface area contributed by atoms with Gasteiger partial charge in [0.15, 0.2) is 0 Å². The van der Waals surface area contributed by atoms with Crippen molar-refractivity contribution in [3.63, 3.8) is 0 Å². The van der Waals surface area contributed by atoms with Crippen molar-refractivity contribution in [3.8, 4) is 0 Å². The highest BCUT2D eigenvalue weighted by atomic mass is 16.2. The van der Waals surface area contributed by atoms with Gasteiger partial charge in [0.1, 0.15) is 5.65 Å². The van der Waals surface area contributed by atoms with Gasteiger partial charge in [0.05, 0.1) is 24.8 Å². The number of urea groups is 1. The maximum Gasteiger partial charge on any atom is 0.318 e. The number of nitrogens with one attached hydrogen (secondary N) is 1. The lowest BCUT2D eigenvalue weighted by Gasteiger charge is -2.24. The third-order valence-corrected chi connectivity index (χ3v) is 4.68. The second-order valence-electron chi connectivity index (χ2n) is 6.58. The van der Waals surface area contributed by atoms with Crippen LogP contribution in [0.1, 0.15) is 24.1 Å². The van der Waals surface area contributed by atoms with E-state index in [-0.39, 0.29) is 12.1 Å². The Balaban J connectivity index is 1.38. The molecule has 1 N–H and O–H groups in total. The number of imidazole rings is 1. The zero-order valence-corrected chi connectivity index (χ0v) is 14.3. The van der Waals surface area contributed by atoms with E-state index in [0.717, 1.165) is 37.3 Å². The molecule has 7 heteroatoms. The minimum absolute atomic E-state index is 0.0251. The van der Waals surface area contributed by atoms with E-state index < -0.39 is 0 Å². The Bertz CT molecular complexity index is 869. The molecule has 0 unspecified atom stereocenters. The zero-order chi connectivity index (χ0) is 17.2. The highest BCUT2D eigenvalue weighted by Gasteiger charge is 2.29. The van der Waals surface area contributed by atoms with Gasteiger partial charge in [-0.3, -0.25) is 4.68 Å². The second-order valence-corrected chi connectivity index (χ2v) is 6.58. The maximum atomic E-state index is 12.6. The van der Waals surface area contributed by atoms with Gasteiger partial charge in [0.25, 0.3) is 0 Å². The van der Waals surface area contributed by atoms with E-state index >= 15 is 0 Å². The van der Waals surface area contributed by atoms with E-state index in [9.17, 15) is 4.79 Å². The van der Waals surface area contributed by atoms with Crippen LogP contribution in [0.15, 0.2) is 43.0 Å². The molecule has 0 aromatic carbocycles. The molecule has 3 aromatic rings. The smallest absolute Gasteiger partial charge is 0.318 e. The first-order chi connectivity index (χ1) is 12.2. The molecule has 1 atom stereocenters. The van der Waals surface area contributed by atoms with Gasteiger partial charge in [-0.05, 0) is 43.5 Å². The molecular weight excluding hydrogens is 316 g/mol. The summed E-state index contributed by atoms with van der Waals surface area (Å²) in [5, 5.41) is 7.25. The lowest BCUT2D eigenvalue weighted by Crippen LogP contribution is -2.44. The highest BCUT2D eigenvalue weighted by Crippen LogP contribution is 2.19. The van der Waals surface area contributed by atoms with E-state index in [4.69, 9.17) is 0 Å². The van der Waals surface area contributed by atoms with Crippen molar-refractivity contribution in [1.82, 2.24) is 29.4 Å². The molecular formula is C18H22N6O. The number of carbonyl (C=O) groups is 1. The van der Waals surface area contributed by atoms with Crippen LogP contribution in [0, 0.1) is 6.92 Å². The molecule has 130 valence electrons. The number of fused-ring (bicyclic) bond motifs is 1. The van der Waals surface area contributed by atoms with Crippen LogP contribution < -0.4 is 5.32 Å². The monoisotopic (exact) mass is 338 g/mol. The number of aromatic nitrogens is 4. The summed E-state index contributed by atoms with van der Waals surface area (Å²) in [6.07, 6.45) is 9.70. The molecule has 4 rings (SSSR count). The highest BCUT2D eigenvalue weighted by molar-refractivity contribution is 5.74.